The predicted molar refractivity (Wildman–Crippen MR) is 125 cm³/mol. The van der Waals surface area contributed by atoms with Crippen LogP contribution < -0.4 is 10.1 Å². The second-order valence-corrected chi connectivity index (χ2v) is 10.8. The highest BCUT2D eigenvalue weighted by Gasteiger charge is 2.32. The van der Waals surface area contributed by atoms with Gasteiger partial charge in [-0.1, -0.05) is 12.1 Å². The van der Waals surface area contributed by atoms with Gasteiger partial charge < -0.3 is 14.6 Å². The molecule has 1 aromatic carbocycles. The van der Waals surface area contributed by atoms with E-state index in [1.165, 1.54) is 44.8 Å². The summed E-state index contributed by atoms with van der Waals surface area (Å²) < 4.78 is 71.1. The van der Waals surface area contributed by atoms with Gasteiger partial charge in [0.25, 0.3) is 5.91 Å². The zero-order chi connectivity index (χ0) is 24.8. The summed E-state index contributed by atoms with van der Waals surface area (Å²) >= 11 is 2.05. The van der Waals surface area contributed by atoms with Crippen LogP contribution in [0.15, 0.2) is 42.9 Å². The molecular weight excluding hydrogens is 590 g/mol. The Hall–Kier alpha value is -2.59. The van der Waals surface area contributed by atoms with Gasteiger partial charge in [0, 0.05) is 38.8 Å². The molecule has 0 saturated carbocycles. The summed E-state index contributed by atoms with van der Waals surface area (Å²) in [5.74, 6) is -0.678. The SMILES string of the molecule is CN(C)S(=O)(=O)n1cnc(C[C@H]2CNC(=O)c3cc(-c4cccc(OC(F)(F)F)c4)c(I)n32)c1. The lowest BCUT2D eigenvalue weighted by Crippen LogP contribution is -2.40. The fourth-order valence-electron chi connectivity index (χ4n) is 3.66. The molecule has 4 rings (SSSR count). The molecule has 1 amide bonds. The summed E-state index contributed by atoms with van der Waals surface area (Å²) in [4.78, 5) is 16.7. The van der Waals surface area contributed by atoms with Gasteiger partial charge in [0.15, 0.2) is 0 Å². The van der Waals surface area contributed by atoms with Crippen LogP contribution in [-0.4, -0.2) is 59.2 Å². The first-order valence-electron chi connectivity index (χ1n) is 9.88. The van der Waals surface area contributed by atoms with Crippen LogP contribution in [-0.2, 0) is 16.6 Å². The quantitative estimate of drug-likeness (QED) is 0.434. The van der Waals surface area contributed by atoms with Crippen molar-refractivity contribution in [1.29, 1.82) is 0 Å². The molecule has 1 N–H and O–H groups in total. The first kappa shape index (κ1) is 24.5. The van der Waals surface area contributed by atoms with Crippen LogP contribution in [0.2, 0.25) is 0 Å². The molecule has 0 saturated heterocycles. The fraction of sp³-hybridized carbons (Fsp3) is 0.300. The van der Waals surface area contributed by atoms with Gasteiger partial charge >= 0.3 is 16.6 Å². The van der Waals surface area contributed by atoms with Crippen molar-refractivity contribution >= 4 is 38.7 Å². The van der Waals surface area contributed by atoms with Crippen molar-refractivity contribution in [2.45, 2.75) is 18.8 Å². The van der Waals surface area contributed by atoms with E-state index in [-0.39, 0.29) is 24.2 Å². The number of amides is 1. The summed E-state index contributed by atoms with van der Waals surface area (Å²) in [5.41, 5.74) is 1.88. The molecule has 1 atom stereocenters. The maximum absolute atomic E-state index is 12.6. The number of carbonyl (C=O) groups is 1. The summed E-state index contributed by atoms with van der Waals surface area (Å²) in [7, 11) is -0.880. The number of rotatable bonds is 6. The fourth-order valence-corrected chi connectivity index (χ4v) is 5.58. The average molecular weight is 609 g/mol. The van der Waals surface area contributed by atoms with Gasteiger partial charge in [-0.15, -0.1) is 13.2 Å². The lowest BCUT2D eigenvalue weighted by atomic mass is 10.1. The molecule has 9 nitrogen and oxygen atoms in total. The van der Waals surface area contributed by atoms with E-state index in [0.717, 1.165) is 8.28 Å². The largest absolute Gasteiger partial charge is 0.573 e. The van der Waals surface area contributed by atoms with Crippen LogP contribution in [0.3, 0.4) is 0 Å². The van der Waals surface area contributed by atoms with Crippen molar-refractivity contribution in [3.63, 3.8) is 0 Å². The van der Waals surface area contributed by atoms with Crippen molar-refractivity contribution in [3.05, 3.63) is 57.9 Å². The Morgan fingerprint density at radius 3 is 2.71 bits per heavy atom. The molecule has 0 spiro atoms. The van der Waals surface area contributed by atoms with E-state index in [9.17, 15) is 26.4 Å². The van der Waals surface area contributed by atoms with Crippen LogP contribution in [0, 0.1) is 3.70 Å². The Morgan fingerprint density at radius 1 is 1.29 bits per heavy atom. The number of benzene rings is 1. The molecule has 0 bridgehead atoms. The maximum Gasteiger partial charge on any atom is 0.573 e. The second-order valence-electron chi connectivity index (χ2n) is 7.73. The molecule has 14 heteroatoms. The van der Waals surface area contributed by atoms with E-state index in [1.807, 2.05) is 22.6 Å². The van der Waals surface area contributed by atoms with Gasteiger partial charge in [0.1, 0.15) is 17.8 Å². The van der Waals surface area contributed by atoms with Crippen molar-refractivity contribution in [2.75, 3.05) is 20.6 Å². The topological polar surface area (TPSA) is 98.5 Å². The summed E-state index contributed by atoms with van der Waals surface area (Å²) in [6, 6.07) is 6.87. The van der Waals surface area contributed by atoms with Gasteiger partial charge in [0.05, 0.1) is 15.4 Å². The first-order chi connectivity index (χ1) is 15.9. The number of imidazole rings is 1. The van der Waals surface area contributed by atoms with Crippen LogP contribution in [0.1, 0.15) is 22.2 Å². The van der Waals surface area contributed by atoms with E-state index in [0.29, 0.717) is 32.6 Å². The number of nitrogens with one attached hydrogen (secondary N) is 1. The molecule has 1 aliphatic rings. The average Bonchev–Trinajstić information content (AvgIpc) is 3.35. The monoisotopic (exact) mass is 609 g/mol. The number of hydrogen-bond acceptors (Lipinski definition) is 5. The number of alkyl halides is 3. The molecule has 182 valence electrons. The molecule has 0 unspecified atom stereocenters. The highest BCUT2D eigenvalue weighted by atomic mass is 127. The van der Waals surface area contributed by atoms with Crippen LogP contribution in [0.25, 0.3) is 11.1 Å². The van der Waals surface area contributed by atoms with Crippen molar-refractivity contribution < 1.29 is 31.1 Å². The number of carbonyl (C=O) groups excluding carboxylic acids is 1. The molecule has 2 aromatic heterocycles. The minimum Gasteiger partial charge on any atom is -0.406 e. The number of fused-ring (bicyclic) bond motifs is 1. The lowest BCUT2D eigenvalue weighted by Gasteiger charge is -2.27. The molecule has 34 heavy (non-hydrogen) atoms. The number of nitrogens with zero attached hydrogens (tertiary/aromatic N) is 4. The van der Waals surface area contributed by atoms with Crippen LogP contribution in [0.4, 0.5) is 13.2 Å². The minimum absolute atomic E-state index is 0.278. The van der Waals surface area contributed by atoms with Gasteiger partial charge in [-0.25, -0.2) is 8.96 Å². The van der Waals surface area contributed by atoms with E-state index < -0.39 is 16.6 Å². The molecule has 0 fully saturated rings. The zero-order valence-electron chi connectivity index (χ0n) is 17.9. The zero-order valence-corrected chi connectivity index (χ0v) is 20.8. The summed E-state index contributed by atoms with van der Waals surface area (Å²) in [6.45, 7) is 0.278. The normalized spacial score (nSPS) is 16.4. The van der Waals surface area contributed by atoms with Gasteiger partial charge in [-0.05, 0) is 46.4 Å². The van der Waals surface area contributed by atoms with Crippen LogP contribution in [0.5, 0.6) is 5.75 Å². The molecule has 0 aliphatic carbocycles. The third-order valence-corrected chi connectivity index (χ3v) is 7.99. The smallest absolute Gasteiger partial charge is 0.406 e. The third-order valence-electron chi connectivity index (χ3n) is 5.24. The minimum atomic E-state index is -4.82. The van der Waals surface area contributed by atoms with Gasteiger partial charge in [-0.2, -0.15) is 12.7 Å². The molecular formula is C20H19F3IN5O4S. The Labute approximate surface area is 206 Å². The number of hydrogen-bond donors (Lipinski definition) is 1. The lowest BCUT2D eigenvalue weighted by molar-refractivity contribution is -0.274. The number of aromatic nitrogens is 3. The van der Waals surface area contributed by atoms with Crippen molar-refractivity contribution in [3.8, 4) is 16.9 Å². The number of ether oxygens (including phenoxy) is 1. The van der Waals surface area contributed by atoms with Gasteiger partial charge in [-0.3, -0.25) is 4.79 Å². The Kier molecular flexibility index (Phi) is 6.41. The second kappa shape index (κ2) is 8.88. The van der Waals surface area contributed by atoms with Crippen molar-refractivity contribution in [1.82, 2.24) is 23.1 Å². The summed E-state index contributed by atoms with van der Waals surface area (Å²) in [6.07, 6.45) is -1.86. The van der Waals surface area contributed by atoms with Crippen molar-refractivity contribution in [2.24, 2.45) is 0 Å². The van der Waals surface area contributed by atoms with E-state index in [2.05, 4.69) is 15.0 Å². The maximum atomic E-state index is 12.6. The Morgan fingerprint density at radius 2 is 2.03 bits per heavy atom. The highest BCUT2D eigenvalue weighted by molar-refractivity contribution is 14.1. The Bertz CT molecular complexity index is 1350. The molecule has 1 aliphatic heterocycles. The van der Waals surface area contributed by atoms with E-state index in [1.54, 1.807) is 16.7 Å². The van der Waals surface area contributed by atoms with Gasteiger partial charge in [0.2, 0.25) is 0 Å². The predicted octanol–water partition coefficient (Wildman–Crippen LogP) is 3.04. The van der Waals surface area contributed by atoms with E-state index >= 15 is 0 Å². The summed E-state index contributed by atoms with van der Waals surface area (Å²) in [5, 5.41) is 2.80. The standard InChI is InChI=1S/C20H19F3IN5O4S/c1-27(2)34(31,32)28-10-13(26-11-28)7-14-9-25-19(30)17-8-16(18(24)29(14)17)12-4-3-5-15(6-12)33-20(21,22)23/h3-6,8,10-11,14H,7,9H2,1-2H3,(H,25,30)/t14-/m0/s1. The first-order valence-corrected chi connectivity index (χ1v) is 12.4. The molecule has 3 heterocycles. The van der Waals surface area contributed by atoms with E-state index in [4.69, 9.17) is 0 Å². The third kappa shape index (κ3) is 4.79. The molecule has 3 aromatic rings. The molecule has 0 radical (unpaired) electrons. The van der Waals surface area contributed by atoms with Crippen LogP contribution >= 0.6 is 22.6 Å². The number of halogens is 4. The highest BCUT2D eigenvalue weighted by Crippen LogP contribution is 2.36. The Balaban J connectivity index is 1.67.